The lowest BCUT2D eigenvalue weighted by atomic mass is 9.81. The predicted molar refractivity (Wildman–Crippen MR) is 157 cm³/mol. The van der Waals surface area contributed by atoms with Crippen molar-refractivity contribution in [2.45, 2.75) is 19.8 Å². The number of amides is 1. The monoisotopic (exact) mass is 546 g/mol. The number of carbonyl (C=O) groups excluding carboxylic acids is 1. The van der Waals surface area contributed by atoms with Gasteiger partial charge in [-0.15, -0.1) is 0 Å². The molecule has 41 heavy (non-hydrogen) atoms. The van der Waals surface area contributed by atoms with E-state index in [9.17, 15) is 14.9 Å². The molecule has 1 N–H and O–H groups in total. The summed E-state index contributed by atoms with van der Waals surface area (Å²) in [7, 11) is 0. The van der Waals surface area contributed by atoms with Crippen molar-refractivity contribution in [3.05, 3.63) is 117 Å². The number of ether oxygens (including phenoxy) is 1. The topological polar surface area (TPSA) is 98.8 Å². The average Bonchev–Trinajstić information content (AvgIpc) is 2.97. The van der Waals surface area contributed by atoms with E-state index >= 15 is 0 Å². The van der Waals surface area contributed by atoms with Gasteiger partial charge in [0.1, 0.15) is 17.2 Å². The number of benzene rings is 3. The van der Waals surface area contributed by atoms with E-state index in [1.807, 2.05) is 56.3 Å². The molecule has 1 atom stereocenters. The molecule has 2 aliphatic rings. The molecule has 0 spiro atoms. The number of para-hydroxylation sites is 2. The summed E-state index contributed by atoms with van der Waals surface area (Å²) in [5, 5.41) is 13.8. The Morgan fingerprint density at radius 1 is 1.00 bits per heavy atom. The summed E-state index contributed by atoms with van der Waals surface area (Å²) in [5.74, 6) is -0.688. The smallest absolute Gasteiger partial charge is 0.344 e. The molecule has 1 fully saturated rings. The highest BCUT2D eigenvalue weighted by Gasteiger charge is 2.37. The molecular formula is C33H30N4O4. The fourth-order valence-electron chi connectivity index (χ4n) is 5.77. The summed E-state index contributed by atoms with van der Waals surface area (Å²) in [6, 6.07) is 25.4. The zero-order valence-corrected chi connectivity index (χ0v) is 23.0. The summed E-state index contributed by atoms with van der Waals surface area (Å²) < 4.78 is 11.9. The number of nitrogens with zero attached hydrogens (tertiary/aromatic N) is 3. The van der Waals surface area contributed by atoms with Gasteiger partial charge in [-0.3, -0.25) is 15.0 Å². The number of aryl methyl sites for hydroxylation is 2. The Bertz CT molecular complexity index is 1760. The molecule has 1 amide bonds. The van der Waals surface area contributed by atoms with Crippen molar-refractivity contribution in [3.63, 3.8) is 0 Å². The van der Waals surface area contributed by atoms with Crippen LogP contribution in [-0.2, 0) is 4.79 Å². The largest absolute Gasteiger partial charge is 0.438 e. The van der Waals surface area contributed by atoms with Crippen LogP contribution in [0.15, 0.2) is 93.5 Å². The summed E-state index contributed by atoms with van der Waals surface area (Å²) in [4.78, 5) is 31.1. The lowest BCUT2D eigenvalue weighted by molar-refractivity contribution is -0.122. The first kappa shape index (κ1) is 26.4. The fraction of sp³-hybridized carbons (Fsp3) is 0.242. The third kappa shape index (κ3) is 5.08. The van der Waals surface area contributed by atoms with E-state index in [2.05, 4.69) is 33.3 Å². The Balaban J connectivity index is 1.31. The van der Waals surface area contributed by atoms with Crippen LogP contribution in [0, 0.1) is 25.2 Å². The molecular weight excluding hydrogens is 516 g/mol. The SMILES string of the molecule is Cc1ccc(C2C(C#N)=C(NC(=O)CN3CCN(c4ccccc4)CC3)Oc3c2c(=O)oc2ccccc32)c(C)c1. The van der Waals surface area contributed by atoms with Gasteiger partial charge in [-0.2, -0.15) is 5.26 Å². The van der Waals surface area contributed by atoms with Crippen LogP contribution in [0.2, 0.25) is 0 Å². The molecule has 0 radical (unpaired) electrons. The molecule has 1 saturated heterocycles. The van der Waals surface area contributed by atoms with E-state index in [1.54, 1.807) is 18.2 Å². The van der Waals surface area contributed by atoms with Gasteiger partial charge in [-0.05, 0) is 49.2 Å². The molecule has 8 heteroatoms. The van der Waals surface area contributed by atoms with E-state index in [4.69, 9.17) is 9.15 Å². The van der Waals surface area contributed by atoms with Crippen molar-refractivity contribution < 1.29 is 13.9 Å². The van der Waals surface area contributed by atoms with Gasteiger partial charge < -0.3 is 14.1 Å². The average molecular weight is 547 g/mol. The quantitative estimate of drug-likeness (QED) is 0.365. The molecule has 0 aliphatic carbocycles. The molecule has 1 aromatic heterocycles. The number of piperazine rings is 1. The highest BCUT2D eigenvalue weighted by molar-refractivity contribution is 5.87. The van der Waals surface area contributed by atoms with Gasteiger partial charge in [0.05, 0.1) is 23.4 Å². The summed E-state index contributed by atoms with van der Waals surface area (Å²) in [5.41, 5.74) is 4.15. The molecule has 0 saturated carbocycles. The lowest BCUT2D eigenvalue weighted by Gasteiger charge is -2.36. The van der Waals surface area contributed by atoms with Gasteiger partial charge in [0.15, 0.2) is 5.75 Å². The van der Waals surface area contributed by atoms with Crippen molar-refractivity contribution in [3.8, 4) is 11.8 Å². The highest BCUT2D eigenvalue weighted by atomic mass is 16.5. The van der Waals surface area contributed by atoms with Crippen LogP contribution in [0.3, 0.4) is 0 Å². The zero-order valence-electron chi connectivity index (χ0n) is 23.0. The third-order valence-corrected chi connectivity index (χ3v) is 7.80. The molecule has 6 rings (SSSR count). The predicted octanol–water partition coefficient (Wildman–Crippen LogP) is 4.61. The Labute approximate surface area is 238 Å². The molecule has 4 aromatic rings. The minimum absolute atomic E-state index is 0.0497. The van der Waals surface area contributed by atoms with Crippen LogP contribution in [0.5, 0.6) is 5.75 Å². The number of hydrogen-bond acceptors (Lipinski definition) is 7. The van der Waals surface area contributed by atoms with Gasteiger partial charge in [-0.1, -0.05) is 54.1 Å². The van der Waals surface area contributed by atoms with E-state index in [0.717, 1.165) is 42.9 Å². The molecule has 0 bridgehead atoms. The first-order valence-corrected chi connectivity index (χ1v) is 13.7. The lowest BCUT2D eigenvalue weighted by Crippen LogP contribution is -2.49. The first-order valence-electron chi connectivity index (χ1n) is 13.7. The Kier molecular flexibility index (Phi) is 7.04. The number of rotatable bonds is 5. The van der Waals surface area contributed by atoms with E-state index in [-0.39, 0.29) is 29.5 Å². The van der Waals surface area contributed by atoms with Crippen LogP contribution in [0.25, 0.3) is 11.0 Å². The number of nitrogens with one attached hydrogen (secondary N) is 1. The van der Waals surface area contributed by atoms with Crippen molar-refractivity contribution >= 4 is 22.6 Å². The number of nitriles is 1. The number of carbonyl (C=O) groups is 1. The second-order valence-electron chi connectivity index (χ2n) is 10.5. The van der Waals surface area contributed by atoms with Crippen molar-refractivity contribution in [2.24, 2.45) is 0 Å². The maximum atomic E-state index is 13.3. The van der Waals surface area contributed by atoms with Gasteiger partial charge in [0.25, 0.3) is 0 Å². The Hall–Kier alpha value is -4.87. The molecule has 3 aromatic carbocycles. The normalized spacial score (nSPS) is 17.1. The first-order chi connectivity index (χ1) is 19.9. The number of hydrogen-bond donors (Lipinski definition) is 1. The summed E-state index contributed by atoms with van der Waals surface area (Å²) in [6.45, 7) is 7.17. The molecule has 3 heterocycles. The minimum Gasteiger partial charge on any atom is -0.438 e. The Morgan fingerprint density at radius 3 is 2.46 bits per heavy atom. The molecule has 1 unspecified atom stereocenters. The molecule has 206 valence electrons. The van der Waals surface area contributed by atoms with Crippen LogP contribution >= 0.6 is 0 Å². The zero-order chi connectivity index (χ0) is 28.5. The number of fused-ring (bicyclic) bond motifs is 3. The summed E-state index contributed by atoms with van der Waals surface area (Å²) >= 11 is 0. The second-order valence-corrected chi connectivity index (χ2v) is 10.5. The number of anilines is 1. The standard InChI is InChI=1S/C33H30N4O4/c1-21-12-13-24(22(2)18-21)29-26(19-34)32(41-31-25-10-6-7-11-27(25)40-33(39)30(29)31)35-28(38)20-36-14-16-37(17-15-36)23-8-4-3-5-9-23/h3-13,18,29H,14-17,20H2,1-2H3,(H,35,38). The maximum absolute atomic E-state index is 13.3. The van der Waals surface area contributed by atoms with Crippen molar-refractivity contribution in [1.82, 2.24) is 10.2 Å². The van der Waals surface area contributed by atoms with Crippen LogP contribution < -0.4 is 20.6 Å². The van der Waals surface area contributed by atoms with E-state index < -0.39 is 11.5 Å². The van der Waals surface area contributed by atoms with Gasteiger partial charge in [0, 0.05) is 31.9 Å². The summed E-state index contributed by atoms with van der Waals surface area (Å²) in [6.07, 6.45) is 0. The van der Waals surface area contributed by atoms with Crippen LogP contribution in [-0.4, -0.2) is 43.5 Å². The highest BCUT2D eigenvalue weighted by Crippen LogP contribution is 2.44. The number of allylic oxidation sites excluding steroid dienone is 1. The molecule has 2 aliphatic heterocycles. The second kappa shape index (κ2) is 11.0. The van der Waals surface area contributed by atoms with Gasteiger partial charge >= 0.3 is 5.63 Å². The van der Waals surface area contributed by atoms with Crippen molar-refractivity contribution in [1.29, 1.82) is 5.26 Å². The van der Waals surface area contributed by atoms with E-state index in [0.29, 0.717) is 16.7 Å². The molecule has 8 nitrogen and oxygen atoms in total. The minimum atomic E-state index is -0.755. The van der Waals surface area contributed by atoms with E-state index in [1.165, 1.54) is 5.69 Å². The Morgan fingerprint density at radius 2 is 1.73 bits per heavy atom. The van der Waals surface area contributed by atoms with Crippen LogP contribution in [0.1, 0.15) is 28.2 Å². The van der Waals surface area contributed by atoms with Crippen LogP contribution in [0.4, 0.5) is 5.69 Å². The fourth-order valence-corrected chi connectivity index (χ4v) is 5.77. The third-order valence-electron chi connectivity index (χ3n) is 7.80. The maximum Gasteiger partial charge on any atom is 0.344 e. The van der Waals surface area contributed by atoms with Crippen molar-refractivity contribution in [2.75, 3.05) is 37.6 Å². The van der Waals surface area contributed by atoms with Gasteiger partial charge in [0.2, 0.25) is 11.8 Å². The van der Waals surface area contributed by atoms with Gasteiger partial charge in [-0.25, -0.2) is 4.79 Å².